The van der Waals surface area contributed by atoms with Crippen LogP contribution in [0, 0.1) is 5.82 Å². The third-order valence-electron chi connectivity index (χ3n) is 3.12. The fraction of sp³-hybridized carbons (Fsp3) is 0.500. The van der Waals surface area contributed by atoms with E-state index in [-0.39, 0.29) is 18.3 Å². The Bertz CT molecular complexity index is 441. The van der Waals surface area contributed by atoms with E-state index >= 15 is 0 Å². The molecule has 0 radical (unpaired) electrons. The second kappa shape index (κ2) is 7.61. The van der Waals surface area contributed by atoms with E-state index in [1.165, 1.54) is 12.1 Å². The molecule has 1 fully saturated rings. The van der Waals surface area contributed by atoms with Crippen LogP contribution in [-0.4, -0.2) is 54.1 Å². The third kappa shape index (κ3) is 5.11. The van der Waals surface area contributed by atoms with Crippen LogP contribution in [-0.2, 0) is 9.53 Å². The fourth-order valence-electron chi connectivity index (χ4n) is 2.13. The topological polar surface area (TPSA) is 49.8 Å². The first-order chi connectivity index (χ1) is 9.63. The largest absolute Gasteiger partial charge is 0.481 e. The first kappa shape index (κ1) is 15.3. The van der Waals surface area contributed by atoms with Crippen LogP contribution in [0.4, 0.5) is 4.39 Å². The van der Waals surface area contributed by atoms with Gasteiger partial charge in [-0.25, -0.2) is 4.39 Å². The van der Waals surface area contributed by atoms with Gasteiger partial charge in [0, 0.05) is 30.3 Å². The summed E-state index contributed by atoms with van der Waals surface area (Å²) in [5.41, 5.74) is 0. The van der Waals surface area contributed by atoms with Crippen LogP contribution in [0.2, 0.25) is 0 Å². The molecule has 1 aromatic carbocycles. The summed E-state index contributed by atoms with van der Waals surface area (Å²) in [6.45, 7) is 2.96. The predicted octanol–water partition coefficient (Wildman–Crippen LogP) is 2.09. The van der Waals surface area contributed by atoms with Gasteiger partial charge in [0.2, 0.25) is 0 Å². The molecule has 1 N–H and O–H groups in total. The van der Waals surface area contributed by atoms with Gasteiger partial charge in [-0.2, -0.15) is 0 Å². The molecule has 0 spiro atoms. The number of hydrogen-bond acceptors (Lipinski definition) is 4. The molecule has 1 saturated heterocycles. The number of rotatable bonds is 6. The van der Waals surface area contributed by atoms with Crippen molar-refractivity contribution in [2.75, 3.05) is 32.0 Å². The quantitative estimate of drug-likeness (QED) is 0.815. The molecule has 0 aliphatic carbocycles. The minimum absolute atomic E-state index is 0.0571. The Morgan fingerprint density at radius 1 is 1.45 bits per heavy atom. The number of carboxylic acid groups (broad SMARTS) is 1. The van der Waals surface area contributed by atoms with Gasteiger partial charge in [-0.3, -0.25) is 9.69 Å². The zero-order valence-corrected chi connectivity index (χ0v) is 11.9. The van der Waals surface area contributed by atoms with Crippen molar-refractivity contribution in [1.82, 2.24) is 4.90 Å². The van der Waals surface area contributed by atoms with Gasteiger partial charge in [-0.15, -0.1) is 11.8 Å². The van der Waals surface area contributed by atoms with Gasteiger partial charge >= 0.3 is 5.97 Å². The van der Waals surface area contributed by atoms with Gasteiger partial charge in [0.1, 0.15) is 5.82 Å². The second-order valence-corrected chi connectivity index (χ2v) is 5.86. The van der Waals surface area contributed by atoms with E-state index in [9.17, 15) is 9.18 Å². The van der Waals surface area contributed by atoms with Gasteiger partial charge in [-0.1, -0.05) is 0 Å². The first-order valence-corrected chi connectivity index (χ1v) is 7.56. The molecular weight excluding hydrogens is 281 g/mol. The summed E-state index contributed by atoms with van der Waals surface area (Å²) in [6, 6.07) is 6.46. The average molecular weight is 299 g/mol. The highest BCUT2D eigenvalue weighted by Crippen LogP contribution is 2.18. The minimum Gasteiger partial charge on any atom is -0.481 e. The first-order valence-electron chi connectivity index (χ1n) is 6.57. The molecule has 0 bridgehead atoms. The van der Waals surface area contributed by atoms with Crippen LogP contribution in [0.3, 0.4) is 0 Å². The van der Waals surface area contributed by atoms with Crippen LogP contribution in [0.15, 0.2) is 29.2 Å². The van der Waals surface area contributed by atoms with Crippen LogP contribution >= 0.6 is 11.8 Å². The van der Waals surface area contributed by atoms with Gasteiger partial charge in [0.05, 0.1) is 19.1 Å². The van der Waals surface area contributed by atoms with E-state index < -0.39 is 5.97 Å². The van der Waals surface area contributed by atoms with Crippen LogP contribution in [0.25, 0.3) is 0 Å². The molecule has 0 aromatic heterocycles. The number of benzene rings is 1. The van der Waals surface area contributed by atoms with E-state index in [1.54, 1.807) is 23.9 Å². The number of halogens is 1. The number of carboxylic acids is 1. The van der Waals surface area contributed by atoms with Crippen molar-refractivity contribution in [3.05, 3.63) is 30.1 Å². The number of carbonyl (C=O) groups is 1. The van der Waals surface area contributed by atoms with Crippen molar-refractivity contribution in [1.29, 1.82) is 0 Å². The lowest BCUT2D eigenvalue weighted by Gasteiger charge is -2.32. The maximum absolute atomic E-state index is 12.8. The van der Waals surface area contributed by atoms with Crippen molar-refractivity contribution in [2.45, 2.75) is 17.4 Å². The molecule has 0 saturated carbocycles. The summed E-state index contributed by atoms with van der Waals surface area (Å²) >= 11 is 1.67. The lowest BCUT2D eigenvalue weighted by molar-refractivity contribution is -0.142. The fourth-order valence-corrected chi connectivity index (χ4v) is 3.04. The Balaban J connectivity index is 1.70. The number of morpholine rings is 1. The Labute approximate surface area is 121 Å². The average Bonchev–Trinajstić information content (AvgIpc) is 2.41. The van der Waals surface area contributed by atoms with Crippen LogP contribution in [0.1, 0.15) is 6.42 Å². The van der Waals surface area contributed by atoms with E-state index in [0.29, 0.717) is 13.2 Å². The number of aliphatic carboxylic acids is 1. The summed E-state index contributed by atoms with van der Waals surface area (Å²) in [4.78, 5) is 13.9. The molecule has 1 aliphatic rings. The summed E-state index contributed by atoms with van der Waals surface area (Å²) < 4.78 is 18.2. The molecule has 1 aliphatic heterocycles. The van der Waals surface area contributed by atoms with Gasteiger partial charge in [0.25, 0.3) is 0 Å². The minimum atomic E-state index is -0.822. The molecule has 2 rings (SSSR count). The van der Waals surface area contributed by atoms with Crippen molar-refractivity contribution in [2.24, 2.45) is 0 Å². The highest BCUT2D eigenvalue weighted by Gasteiger charge is 2.22. The van der Waals surface area contributed by atoms with E-state index in [0.717, 1.165) is 23.7 Å². The Kier molecular flexibility index (Phi) is 5.82. The van der Waals surface area contributed by atoms with Crippen molar-refractivity contribution in [3.8, 4) is 0 Å². The molecule has 1 aromatic rings. The highest BCUT2D eigenvalue weighted by molar-refractivity contribution is 7.99. The lowest BCUT2D eigenvalue weighted by Crippen LogP contribution is -2.44. The van der Waals surface area contributed by atoms with Gasteiger partial charge in [0.15, 0.2) is 0 Å². The lowest BCUT2D eigenvalue weighted by atomic mass is 10.2. The molecule has 6 heteroatoms. The van der Waals surface area contributed by atoms with Gasteiger partial charge < -0.3 is 9.84 Å². The highest BCUT2D eigenvalue weighted by atomic mass is 32.2. The molecule has 20 heavy (non-hydrogen) atoms. The number of nitrogens with zero attached hydrogens (tertiary/aromatic N) is 1. The molecule has 110 valence electrons. The molecule has 1 unspecified atom stereocenters. The summed E-state index contributed by atoms with van der Waals surface area (Å²) in [5.74, 6) is -0.151. The van der Waals surface area contributed by atoms with E-state index in [4.69, 9.17) is 9.84 Å². The SMILES string of the molecule is O=C(O)CC1CN(CCSc2ccc(F)cc2)CCO1. The Morgan fingerprint density at radius 2 is 2.20 bits per heavy atom. The molecule has 0 amide bonds. The zero-order valence-electron chi connectivity index (χ0n) is 11.1. The molecular formula is C14H18FNO3S. The molecule has 1 atom stereocenters. The number of hydrogen-bond donors (Lipinski definition) is 1. The van der Waals surface area contributed by atoms with E-state index in [2.05, 4.69) is 4.90 Å². The van der Waals surface area contributed by atoms with Crippen LogP contribution in [0.5, 0.6) is 0 Å². The monoisotopic (exact) mass is 299 g/mol. The van der Waals surface area contributed by atoms with Crippen molar-refractivity contribution in [3.63, 3.8) is 0 Å². The summed E-state index contributed by atoms with van der Waals surface area (Å²) in [5, 5.41) is 8.77. The Morgan fingerprint density at radius 3 is 2.90 bits per heavy atom. The second-order valence-electron chi connectivity index (χ2n) is 4.69. The van der Waals surface area contributed by atoms with Gasteiger partial charge in [-0.05, 0) is 24.3 Å². The predicted molar refractivity (Wildman–Crippen MR) is 75.6 cm³/mol. The molecule has 4 nitrogen and oxygen atoms in total. The smallest absolute Gasteiger partial charge is 0.306 e. The molecule has 1 heterocycles. The number of ether oxygens (including phenoxy) is 1. The van der Waals surface area contributed by atoms with E-state index in [1.807, 2.05) is 0 Å². The number of thioether (sulfide) groups is 1. The normalized spacial score (nSPS) is 19.9. The summed E-state index contributed by atoms with van der Waals surface area (Å²) in [6.07, 6.45) is -0.154. The zero-order chi connectivity index (χ0) is 14.4. The standard InChI is InChI=1S/C14H18FNO3S/c15-11-1-3-13(4-2-11)20-8-6-16-5-7-19-12(10-16)9-14(17)18/h1-4,12H,5-10H2,(H,17,18). The third-order valence-corrected chi connectivity index (χ3v) is 4.11. The Hall–Kier alpha value is -1.11. The maximum Gasteiger partial charge on any atom is 0.306 e. The maximum atomic E-state index is 12.8. The van der Waals surface area contributed by atoms with Crippen molar-refractivity contribution >= 4 is 17.7 Å². The van der Waals surface area contributed by atoms with Crippen molar-refractivity contribution < 1.29 is 19.0 Å². The summed E-state index contributed by atoms with van der Waals surface area (Å²) in [7, 11) is 0. The van der Waals surface area contributed by atoms with Crippen LogP contribution < -0.4 is 0 Å².